The molecule has 0 saturated carbocycles. The molecule has 1 fully saturated rings. The van der Waals surface area contributed by atoms with Crippen molar-refractivity contribution in [2.75, 3.05) is 7.11 Å². The van der Waals surface area contributed by atoms with Gasteiger partial charge < -0.3 is 9.63 Å². The van der Waals surface area contributed by atoms with E-state index in [1.165, 1.54) is 7.11 Å². The smallest absolute Gasteiger partial charge is 0.235 e. The van der Waals surface area contributed by atoms with Gasteiger partial charge in [-0.2, -0.15) is 0 Å². The Balaban J connectivity index is 2.59. The highest BCUT2D eigenvalue weighted by Gasteiger charge is 2.59. The van der Waals surface area contributed by atoms with Gasteiger partial charge in [0.25, 0.3) is 0 Å². The van der Waals surface area contributed by atoms with Crippen LogP contribution in [0.3, 0.4) is 0 Å². The van der Waals surface area contributed by atoms with E-state index in [0.717, 1.165) is 0 Å². The first kappa shape index (κ1) is 6.27. The average Bonchev–Trinajstić information content (AvgIpc) is 2.09. The predicted octanol–water partition coefficient (Wildman–Crippen LogP) is 0.631. The summed E-state index contributed by atoms with van der Waals surface area (Å²) in [5.74, 6) is -0.373. The van der Waals surface area contributed by atoms with Crippen molar-refractivity contribution < 1.29 is 14.2 Å². The van der Waals surface area contributed by atoms with E-state index in [0.29, 0.717) is 0 Å². The molecule has 3 unspecified atom stereocenters. The van der Waals surface area contributed by atoms with Gasteiger partial charge in [0.2, 0.25) is 7.37 Å². The van der Waals surface area contributed by atoms with Crippen molar-refractivity contribution in [3.05, 3.63) is 0 Å². The summed E-state index contributed by atoms with van der Waals surface area (Å²) in [4.78, 5) is 8.79. The summed E-state index contributed by atoms with van der Waals surface area (Å²) in [7, 11) is -1.36. The second-order valence-corrected chi connectivity index (χ2v) is 4.71. The van der Waals surface area contributed by atoms with Gasteiger partial charge in [-0.1, -0.05) is 6.92 Å². The van der Waals surface area contributed by atoms with Gasteiger partial charge in [-0.05, 0) is 0 Å². The van der Waals surface area contributed by atoms with Crippen molar-refractivity contribution >= 4 is 7.37 Å². The first-order valence-electron chi connectivity index (χ1n) is 2.45. The topological polar surface area (TPSA) is 46.5 Å². The third-order valence-electron chi connectivity index (χ3n) is 1.51. The molecule has 0 amide bonds. The van der Waals surface area contributed by atoms with Crippen LogP contribution in [-0.4, -0.2) is 23.5 Å². The van der Waals surface area contributed by atoms with Gasteiger partial charge in [0.05, 0.1) is 5.66 Å². The molecule has 0 spiro atoms. The zero-order valence-electron chi connectivity index (χ0n) is 4.87. The molecular weight excluding hydrogens is 127 g/mol. The molecular formula is C4H9O3P. The number of methoxy groups -OCH3 is 1. The molecule has 1 aliphatic rings. The Morgan fingerprint density at radius 1 is 1.75 bits per heavy atom. The Hall–Kier alpha value is 0.150. The van der Waals surface area contributed by atoms with Crippen molar-refractivity contribution in [2.24, 2.45) is 0 Å². The van der Waals surface area contributed by atoms with E-state index < -0.39 is 7.37 Å². The molecule has 1 heterocycles. The van der Waals surface area contributed by atoms with Crippen molar-refractivity contribution in [3.63, 3.8) is 0 Å². The Kier molecular flexibility index (Phi) is 1.23. The van der Waals surface area contributed by atoms with Crippen LogP contribution in [0, 0.1) is 0 Å². The second kappa shape index (κ2) is 1.56. The van der Waals surface area contributed by atoms with Crippen molar-refractivity contribution in [3.8, 4) is 0 Å². The maximum absolute atomic E-state index is 10.7. The summed E-state index contributed by atoms with van der Waals surface area (Å²) in [5.41, 5.74) is -0.132. The first-order chi connectivity index (χ1) is 3.60. The lowest BCUT2D eigenvalue weighted by Crippen LogP contribution is -1.89. The lowest BCUT2D eigenvalue weighted by molar-refractivity contribution is 0.192. The number of hydrogen-bond acceptors (Lipinski definition) is 2. The molecule has 0 aromatic carbocycles. The minimum absolute atomic E-state index is 0.132. The zero-order valence-corrected chi connectivity index (χ0v) is 5.76. The van der Waals surface area contributed by atoms with Crippen LogP contribution >= 0.6 is 7.37 Å². The van der Waals surface area contributed by atoms with E-state index in [4.69, 9.17) is 4.89 Å². The van der Waals surface area contributed by atoms with Crippen LogP contribution in [0.25, 0.3) is 0 Å². The molecule has 0 bridgehead atoms. The lowest BCUT2D eigenvalue weighted by Gasteiger charge is -1.84. The van der Waals surface area contributed by atoms with Gasteiger partial charge in [-0.25, -0.2) is 0 Å². The van der Waals surface area contributed by atoms with E-state index in [-0.39, 0.29) is 11.5 Å². The highest BCUT2D eigenvalue weighted by atomic mass is 31.2. The summed E-state index contributed by atoms with van der Waals surface area (Å²) in [6, 6.07) is 0. The molecule has 8 heavy (non-hydrogen) atoms. The normalized spacial score (nSPS) is 53.9. The summed E-state index contributed by atoms with van der Waals surface area (Å²) in [5, 5.41) is 0. The molecule has 3 atom stereocenters. The van der Waals surface area contributed by atoms with E-state index >= 15 is 0 Å². The molecule has 0 aromatic rings. The van der Waals surface area contributed by atoms with Crippen LogP contribution in [0.2, 0.25) is 0 Å². The maximum atomic E-state index is 10.7. The summed E-state index contributed by atoms with van der Waals surface area (Å²) >= 11 is 0. The highest BCUT2D eigenvalue weighted by Crippen LogP contribution is 2.70. The van der Waals surface area contributed by atoms with Crippen LogP contribution in [-0.2, 0) is 9.30 Å². The van der Waals surface area contributed by atoms with E-state index in [2.05, 4.69) is 4.74 Å². The molecule has 0 radical (unpaired) electrons. The third-order valence-corrected chi connectivity index (χ3v) is 3.99. The van der Waals surface area contributed by atoms with Gasteiger partial charge in [0.15, 0.2) is 0 Å². The van der Waals surface area contributed by atoms with E-state index in [1.807, 2.05) is 0 Å². The fraction of sp³-hybridized carbons (Fsp3) is 1.00. The Labute approximate surface area is 48.1 Å². The molecule has 1 aliphatic heterocycles. The fourth-order valence-corrected chi connectivity index (χ4v) is 2.37. The van der Waals surface area contributed by atoms with Crippen LogP contribution in [0.4, 0.5) is 0 Å². The number of rotatable bonds is 1. The van der Waals surface area contributed by atoms with Gasteiger partial charge in [0, 0.05) is 7.11 Å². The van der Waals surface area contributed by atoms with Crippen molar-refractivity contribution in [1.82, 2.24) is 0 Å². The molecule has 3 nitrogen and oxygen atoms in total. The second-order valence-electron chi connectivity index (χ2n) is 2.04. The minimum atomic E-state index is -2.81. The Morgan fingerprint density at radius 2 is 2.12 bits per heavy atom. The molecule has 1 rings (SSSR count). The molecule has 1 saturated heterocycles. The standard InChI is InChI=1S/C4H9O3P/c1-3-4(7-2)8(3,5)6/h3-4H,1-2H3,(H,5,6). The quantitative estimate of drug-likeness (QED) is 0.538. The van der Waals surface area contributed by atoms with Gasteiger partial charge in [-0.3, -0.25) is 4.57 Å². The molecule has 1 N–H and O–H groups in total. The SMILES string of the molecule is COC1C(C)P1(=O)O. The van der Waals surface area contributed by atoms with E-state index in [1.54, 1.807) is 6.92 Å². The fourth-order valence-electron chi connectivity index (χ4n) is 0.767. The monoisotopic (exact) mass is 136 g/mol. The van der Waals surface area contributed by atoms with E-state index in [9.17, 15) is 4.57 Å². The van der Waals surface area contributed by atoms with Crippen LogP contribution in [0.15, 0.2) is 0 Å². The van der Waals surface area contributed by atoms with Gasteiger partial charge >= 0.3 is 0 Å². The zero-order chi connectivity index (χ0) is 6.36. The molecule has 4 heteroatoms. The lowest BCUT2D eigenvalue weighted by atomic mass is 10.5. The summed E-state index contributed by atoms with van der Waals surface area (Å²) < 4.78 is 15.3. The molecule has 0 aliphatic carbocycles. The van der Waals surface area contributed by atoms with Crippen molar-refractivity contribution in [1.29, 1.82) is 0 Å². The first-order valence-corrected chi connectivity index (χ1v) is 4.25. The summed E-state index contributed by atoms with van der Waals surface area (Å²) in [6.07, 6.45) is 0. The van der Waals surface area contributed by atoms with Gasteiger partial charge in [-0.15, -0.1) is 0 Å². The minimum Gasteiger partial charge on any atom is -0.370 e. The molecule has 48 valence electrons. The van der Waals surface area contributed by atoms with Crippen molar-refractivity contribution in [2.45, 2.75) is 18.4 Å². The van der Waals surface area contributed by atoms with Crippen LogP contribution < -0.4 is 0 Å². The highest BCUT2D eigenvalue weighted by molar-refractivity contribution is 7.67. The van der Waals surface area contributed by atoms with Crippen LogP contribution in [0.5, 0.6) is 0 Å². The molecule has 0 aromatic heterocycles. The Morgan fingerprint density at radius 3 is 2.12 bits per heavy atom. The average molecular weight is 136 g/mol. The largest absolute Gasteiger partial charge is 0.370 e. The van der Waals surface area contributed by atoms with Gasteiger partial charge in [0.1, 0.15) is 5.85 Å². The number of hydrogen-bond donors (Lipinski definition) is 1. The Bertz CT molecular complexity index is 144. The predicted molar refractivity (Wildman–Crippen MR) is 30.1 cm³/mol. The third kappa shape index (κ3) is 0.625. The van der Waals surface area contributed by atoms with Crippen LogP contribution in [0.1, 0.15) is 6.92 Å². The summed E-state index contributed by atoms with van der Waals surface area (Å²) in [6.45, 7) is 1.72. The number of ether oxygens (including phenoxy) is 1. The maximum Gasteiger partial charge on any atom is 0.235 e.